The SMILES string of the molecule is COC1(C(N)Cc2ccncc2)CCCC(C)C1. The van der Waals surface area contributed by atoms with Gasteiger partial charge in [-0.3, -0.25) is 4.98 Å². The van der Waals surface area contributed by atoms with Gasteiger partial charge in [0, 0.05) is 25.5 Å². The summed E-state index contributed by atoms with van der Waals surface area (Å²) in [6, 6.07) is 4.14. The van der Waals surface area contributed by atoms with Gasteiger partial charge < -0.3 is 10.5 Å². The van der Waals surface area contributed by atoms with Crippen LogP contribution in [0.25, 0.3) is 0 Å². The van der Waals surface area contributed by atoms with Gasteiger partial charge in [0.25, 0.3) is 0 Å². The van der Waals surface area contributed by atoms with Crippen LogP contribution in [0.3, 0.4) is 0 Å². The Hall–Kier alpha value is -0.930. The predicted octanol–water partition coefficient (Wildman–Crippen LogP) is 2.55. The third kappa shape index (κ3) is 2.90. The van der Waals surface area contributed by atoms with Crippen LogP contribution in [-0.2, 0) is 11.2 Å². The first-order chi connectivity index (χ1) is 8.66. The Bertz CT molecular complexity index is 368. The van der Waals surface area contributed by atoms with Crippen LogP contribution in [0.5, 0.6) is 0 Å². The molecule has 3 heteroatoms. The molecule has 0 aromatic carbocycles. The number of ether oxygens (including phenoxy) is 1. The molecule has 1 aromatic heterocycles. The Morgan fingerprint density at radius 1 is 1.50 bits per heavy atom. The van der Waals surface area contributed by atoms with E-state index in [0.29, 0.717) is 5.92 Å². The van der Waals surface area contributed by atoms with Crippen LogP contribution in [0.1, 0.15) is 38.2 Å². The normalized spacial score (nSPS) is 30.1. The molecule has 0 bridgehead atoms. The summed E-state index contributed by atoms with van der Waals surface area (Å²) in [4.78, 5) is 4.04. The van der Waals surface area contributed by atoms with Crippen molar-refractivity contribution in [1.82, 2.24) is 4.98 Å². The quantitative estimate of drug-likeness (QED) is 0.890. The van der Waals surface area contributed by atoms with Gasteiger partial charge in [-0.25, -0.2) is 0 Å². The lowest BCUT2D eigenvalue weighted by atomic mass is 9.73. The van der Waals surface area contributed by atoms with Crippen LogP contribution in [0.4, 0.5) is 0 Å². The summed E-state index contributed by atoms with van der Waals surface area (Å²) < 4.78 is 5.84. The molecule has 0 aliphatic heterocycles. The third-order valence-electron chi connectivity index (χ3n) is 4.28. The van der Waals surface area contributed by atoms with Gasteiger partial charge in [0.15, 0.2) is 0 Å². The Kier molecular flexibility index (Phi) is 4.36. The Labute approximate surface area is 110 Å². The van der Waals surface area contributed by atoms with Crippen LogP contribution in [0, 0.1) is 5.92 Å². The number of hydrogen-bond acceptors (Lipinski definition) is 3. The van der Waals surface area contributed by atoms with Gasteiger partial charge in [-0.05, 0) is 42.9 Å². The van der Waals surface area contributed by atoms with Crippen molar-refractivity contribution in [2.45, 2.75) is 50.7 Å². The first-order valence-corrected chi connectivity index (χ1v) is 6.86. The van der Waals surface area contributed by atoms with E-state index in [4.69, 9.17) is 10.5 Å². The molecule has 3 atom stereocenters. The van der Waals surface area contributed by atoms with E-state index in [2.05, 4.69) is 11.9 Å². The lowest BCUT2D eigenvalue weighted by molar-refractivity contribution is -0.0705. The third-order valence-corrected chi connectivity index (χ3v) is 4.28. The zero-order valence-electron chi connectivity index (χ0n) is 11.4. The molecule has 1 aliphatic rings. The van der Waals surface area contributed by atoms with Gasteiger partial charge in [-0.1, -0.05) is 19.8 Å². The number of aromatic nitrogens is 1. The van der Waals surface area contributed by atoms with E-state index >= 15 is 0 Å². The molecular formula is C15H24N2O. The molecule has 100 valence electrons. The molecule has 1 aromatic rings. The molecule has 18 heavy (non-hydrogen) atoms. The van der Waals surface area contributed by atoms with E-state index in [1.165, 1.54) is 18.4 Å². The summed E-state index contributed by atoms with van der Waals surface area (Å²) in [5.74, 6) is 0.710. The van der Waals surface area contributed by atoms with Crippen molar-refractivity contribution in [1.29, 1.82) is 0 Å². The Morgan fingerprint density at radius 2 is 2.22 bits per heavy atom. The fraction of sp³-hybridized carbons (Fsp3) is 0.667. The molecule has 1 heterocycles. The van der Waals surface area contributed by atoms with E-state index in [-0.39, 0.29) is 11.6 Å². The molecule has 0 saturated heterocycles. The summed E-state index contributed by atoms with van der Waals surface area (Å²) in [7, 11) is 1.81. The summed E-state index contributed by atoms with van der Waals surface area (Å²) in [5.41, 5.74) is 7.55. The summed E-state index contributed by atoms with van der Waals surface area (Å²) >= 11 is 0. The molecule has 1 saturated carbocycles. The molecule has 3 unspecified atom stereocenters. The smallest absolute Gasteiger partial charge is 0.0834 e. The number of pyridine rings is 1. The van der Waals surface area contributed by atoms with E-state index < -0.39 is 0 Å². The second-order valence-corrected chi connectivity index (χ2v) is 5.64. The van der Waals surface area contributed by atoms with Gasteiger partial charge in [-0.2, -0.15) is 0 Å². The Balaban J connectivity index is 2.07. The standard InChI is InChI=1S/C15H24N2O/c1-12-4-3-7-15(11-12,18-2)14(16)10-13-5-8-17-9-6-13/h5-6,8-9,12,14H,3-4,7,10-11,16H2,1-2H3. The summed E-state index contributed by atoms with van der Waals surface area (Å²) in [6.45, 7) is 2.30. The van der Waals surface area contributed by atoms with Crippen molar-refractivity contribution in [3.63, 3.8) is 0 Å². The zero-order chi connectivity index (χ0) is 13.0. The zero-order valence-corrected chi connectivity index (χ0v) is 11.4. The number of nitrogens with zero attached hydrogens (tertiary/aromatic N) is 1. The van der Waals surface area contributed by atoms with Gasteiger partial charge in [0.2, 0.25) is 0 Å². The Morgan fingerprint density at radius 3 is 2.83 bits per heavy atom. The first-order valence-electron chi connectivity index (χ1n) is 6.86. The molecule has 0 amide bonds. The highest BCUT2D eigenvalue weighted by Gasteiger charge is 2.40. The average molecular weight is 248 g/mol. The van der Waals surface area contributed by atoms with Crippen LogP contribution in [0.2, 0.25) is 0 Å². The molecule has 1 aliphatic carbocycles. The van der Waals surface area contributed by atoms with Crippen molar-refractivity contribution in [3.8, 4) is 0 Å². The van der Waals surface area contributed by atoms with Crippen molar-refractivity contribution in [2.24, 2.45) is 11.7 Å². The maximum atomic E-state index is 6.44. The van der Waals surface area contributed by atoms with E-state index in [9.17, 15) is 0 Å². The monoisotopic (exact) mass is 248 g/mol. The minimum Gasteiger partial charge on any atom is -0.377 e. The fourth-order valence-corrected chi connectivity index (χ4v) is 3.18. The summed E-state index contributed by atoms with van der Waals surface area (Å²) in [6.07, 6.45) is 9.20. The van der Waals surface area contributed by atoms with Gasteiger partial charge in [-0.15, -0.1) is 0 Å². The van der Waals surface area contributed by atoms with E-state index in [1.807, 2.05) is 31.6 Å². The maximum absolute atomic E-state index is 6.44. The minimum absolute atomic E-state index is 0.0626. The van der Waals surface area contributed by atoms with Crippen LogP contribution >= 0.6 is 0 Å². The van der Waals surface area contributed by atoms with Gasteiger partial charge in [0.1, 0.15) is 0 Å². The summed E-state index contributed by atoms with van der Waals surface area (Å²) in [5, 5.41) is 0. The highest BCUT2D eigenvalue weighted by Crippen LogP contribution is 2.37. The van der Waals surface area contributed by atoms with E-state index in [0.717, 1.165) is 19.3 Å². The highest BCUT2D eigenvalue weighted by atomic mass is 16.5. The van der Waals surface area contributed by atoms with Gasteiger partial charge in [0.05, 0.1) is 5.60 Å². The van der Waals surface area contributed by atoms with Crippen LogP contribution in [0.15, 0.2) is 24.5 Å². The van der Waals surface area contributed by atoms with Crippen molar-refractivity contribution < 1.29 is 4.74 Å². The van der Waals surface area contributed by atoms with Gasteiger partial charge >= 0.3 is 0 Å². The number of hydrogen-bond donors (Lipinski definition) is 1. The molecule has 2 N–H and O–H groups in total. The van der Waals surface area contributed by atoms with E-state index in [1.54, 1.807) is 0 Å². The second-order valence-electron chi connectivity index (χ2n) is 5.64. The van der Waals surface area contributed by atoms with Crippen molar-refractivity contribution in [3.05, 3.63) is 30.1 Å². The number of nitrogens with two attached hydrogens (primary N) is 1. The molecular weight excluding hydrogens is 224 g/mol. The minimum atomic E-state index is -0.138. The molecule has 0 spiro atoms. The lowest BCUT2D eigenvalue weighted by Crippen LogP contribution is -2.53. The molecule has 2 rings (SSSR count). The van der Waals surface area contributed by atoms with Crippen LogP contribution in [-0.4, -0.2) is 23.7 Å². The fourth-order valence-electron chi connectivity index (χ4n) is 3.18. The lowest BCUT2D eigenvalue weighted by Gasteiger charge is -2.43. The van der Waals surface area contributed by atoms with Crippen molar-refractivity contribution in [2.75, 3.05) is 7.11 Å². The molecule has 0 radical (unpaired) electrons. The number of methoxy groups -OCH3 is 1. The topological polar surface area (TPSA) is 48.1 Å². The maximum Gasteiger partial charge on any atom is 0.0834 e. The first kappa shape index (κ1) is 13.5. The average Bonchev–Trinajstić information content (AvgIpc) is 2.39. The predicted molar refractivity (Wildman–Crippen MR) is 73.3 cm³/mol. The molecule has 3 nitrogen and oxygen atoms in total. The van der Waals surface area contributed by atoms with Crippen LogP contribution < -0.4 is 5.73 Å². The second kappa shape index (κ2) is 5.81. The number of rotatable bonds is 4. The highest BCUT2D eigenvalue weighted by molar-refractivity contribution is 5.13. The largest absolute Gasteiger partial charge is 0.377 e. The van der Waals surface area contributed by atoms with Crippen molar-refractivity contribution >= 4 is 0 Å². The molecule has 1 fully saturated rings.